The van der Waals surface area contributed by atoms with E-state index in [1.165, 1.54) is 0 Å². The Hall–Kier alpha value is -2.40. The molecule has 2 aromatic heterocycles. The van der Waals surface area contributed by atoms with Gasteiger partial charge in [-0.2, -0.15) is 5.10 Å². The molecule has 1 aliphatic rings. The average molecular weight is 314 g/mol. The van der Waals surface area contributed by atoms with E-state index in [0.29, 0.717) is 22.3 Å². The molecule has 1 aromatic carbocycles. The topological polar surface area (TPSA) is 67.5 Å². The zero-order chi connectivity index (χ0) is 15.3. The highest BCUT2D eigenvalue weighted by atomic mass is 35.5. The molecule has 0 unspecified atom stereocenters. The highest BCUT2D eigenvalue weighted by Crippen LogP contribution is 2.40. The lowest BCUT2D eigenvalue weighted by atomic mass is 10.1. The smallest absolute Gasteiger partial charge is 0.354 e. The number of rotatable bonds is 3. The van der Waals surface area contributed by atoms with E-state index in [4.69, 9.17) is 11.6 Å². The van der Waals surface area contributed by atoms with Gasteiger partial charge in [0.15, 0.2) is 11.3 Å². The van der Waals surface area contributed by atoms with Crippen LogP contribution >= 0.6 is 11.6 Å². The van der Waals surface area contributed by atoms with Crippen LogP contribution in [0, 0.1) is 0 Å². The Morgan fingerprint density at radius 1 is 1.27 bits per heavy atom. The van der Waals surface area contributed by atoms with Crippen molar-refractivity contribution in [1.82, 2.24) is 14.6 Å². The molecular weight excluding hydrogens is 302 g/mol. The molecule has 1 fully saturated rings. The van der Waals surface area contributed by atoms with Crippen LogP contribution in [0.25, 0.3) is 16.9 Å². The fourth-order valence-electron chi connectivity index (χ4n) is 2.58. The molecule has 6 heteroatoms. The van der Waals surface area contributed by atoms with Crippen LogP contribution in [0.3, 0.4) is 0 Å². The van der Waals surface area contributed by atoms with Gasteiger partial charge in [-0.1, -0.05) is 29.8 Å². The molecule has 0 amide bonds. The van der Waals surface area contributed by atoms with Gasteiger partial charge in [-0.25, -0.2) is 14.3 Å². The van der Waals surface area contributed by atoms with Gasteiger partial charge in [0, 0.05) is 23.2 Å². The minimum atomic E-state index is -1.02. The van der Waals surface area contributed by atoms with Crippen molar-refractivity contribution >= 4 is 23.2 Å². The van der Waals surface area contributed by atoms with Crippen LogP contribution in [-0.4, -0.2) is 25.7 Å². The second-order valence-electron chi connectivity index (χ2n) is 5.43. The number of fused-ring (bicyclic) bond motifs is 1. The third kappa shape index (κ3) is 2.14. The minimum absolute atomic E-state index is 0.0556. The number of halogens is 1. The van der Waals surface area contributed by atoms with Crippen molar-refractivity contribution in [2.45, 2.75) is 18.8 Å². The van der Waals surface area contributed by atoms with Crippen molar-refractivity contribution in [3.05, 3.63) is 52.8 Å². The number of benzene rings is 1. The van der Waals surface area contributed by atoms with Crippen LogP contribution in [0.15, 0.2) is 36.4 Å². The Kier molecular flexibility index (Phi) is 2.90. The van der Waals surface area contributed by atoms with E-state index in [0.717, 1.165) is 24.1 Å². The number of hydrogen-bond donors (Lipinski definition) is 1. The summed E-state index contributed by atoms with van der Waals surface area (Å²) in [5, 5.41) is 14.4. The zero-order valence-electron chi connectivity index (χ0n) is 11.5. The van der Waals surface area contributed by atoms with Gasteiger partial charge in [-0.15, -0.1) is 0 Å². The Balaban J connectivity index is 1.95. The Bertz CT molecular complexity index is 900. The third-order valence-corrected chi connectivity index (χ3v) is 4.15. The molecule has 0 radical (unpaired) electrons. The van der Waals surface area contributed by atoms with Crippen molar-refractivity contribution in [2.24, 2.45) is 0 Å². The molecule has 22 heavy (non-hydrogen) atoms. The molecule has 110 valence electrons. The molecule has 1 aliphatic carbocycles. The average Bonchev–Trinajstić information content (AvgIpc) is 3.25. The van der Waals surface area contributed by atoms with Crippen LogP contribution in [0.2, 0.25) is 5.02 Å². The summed E-state index contributed by atoms with van der Waals surface area (Å²) in [4.78, 5) is 15.4. The minimum Gasteiger partial charge on any atom is -0.477 e. The van der Waals surface area contributed by atoms with Gasteiger partial charge < -0.3 is 5.11 Å². The molecule has 4 rings (SSSR count). The van der Waals surface area contributed by atoms with Crippen molar-refractivity contribution in [1.29, 1.82) is 0 Å². The SMILES string of the molecule is O=C(O)c1cc(C2CC2)n2nc(-c3ccccc3Cl)cc2n1. The lowest BCUT2D eigenvalue weighted by Crippen LogP contribution is -2.06. The Labute approximate surface area is 131 Å². The maximum atomic E-state index is 11.3. The van der Waals surface area contributed by atoms with E-state index in [2.05, 4.69) is 10.1 Å². The van der Waals surface area contributed by atoms with Crippen LogP contribution in [0.4, 0.5) is 0 Å². The number of aromatic nitrogens is 3. The van der Waals surface area contributed by atoms with E-state index >= 15 is 0 Å². The third-order valence-electron chi connectivity index (χ3n) is 3.82. The quantitative estimate of drug-likeness (QED) is 0.802. The zero-order valence-corrected chi connectivity index (χ0v) is 12.3. The standard InChI is InChI=1S/C16H12ClN3O2/c17-11-4-2-1-3-10(11)12-8-15-18-13(16(21)22)7-14(9-5-6-9)20(15)19-12/h1-4,7-9H,5-6H2,(H,21,22). The van der Waals surface area contributed by atoms with Gasteiger partial charge >= 0.3 is 5.97 Å². The van der Waals surface area contributed by atoms with Gasteiger partial charge in [-0.05, 0) is 25.0 Å². The maximum absolute atomic E-state index is 11.3. The first-order valence-corrected chi connectivity index (χ1v) is 7.40. The number of carboxylic acids is 1. The molecule has 0 aliphatic heterocycles. The largest absolute Gasteiger partial charge is 0.477 e. The molecule has 2 heterocycles. The van der Waals surface area contributed by atoms with Crippen LogP contribution in [0.5, 0.6) is 0 Å². The van der Waals surface area contributed by atoms with E-state index in [1.807, 2.05) is 18.2 Å². The fourth-order valence-corrected chi connectivity index (χ4v) is 2.81. The summed E-state index contributed by atoms with van der Waals surface area (Å²) in [5.41, 5.74) is 3.01. The highest BCUT2D eigenvalue weighted by Gasteiger charge is 2.28. The fraction of sp³-hybridized carbons (Fsp3) is 0.188. The van der Waals surface area contributed by atoms with Gasteiger partial charge in [0.05, 0.1) is 10.7 Å². The van der Waals surface area contributed by atoms with Crippen molar-refractivity contribution in [3.63, 3.8) is 0 Å². The first-order valence-electron chi connectivity index (χ1n) is 7.02. The summed E-state index contributed by atoms with van der Waals surface area (Å²) >= 11 is 6.22. The highest BCUT2D eigenvalue weighted by molar-refractivity contribution is 6.33. The maximum Gasteiger partial charge on any atom is 0.354 e. The summed E-state index contributed by atoms with van der Waals surface area (Å²) in [5.74, 6) is -0.660. The summed E-state index contributed by atoms with van der Waals surface area (Å²) in [6.07, 6.45) is 2.11. The number of aromatic carboxylic acids is 1. The van der Waals surface area contributed by atoms with Gasteiger partial charge in [0.1, 0.15) is 0 Å². The second-order valence-corrected chi connectivity index (χ2v) is 5.83. The molecule has 0 saturated heterocycles. The first kappa shape index (κ1) is 13.3. The monoisotopic (exact) mass is 313 g/mol. The normalized spacial score (nSPS) is 14.4. The molecule has 1 saturated carbocycles. The predicted molar refractivity (Wildman–Crippen MR) is 82.4 cm³/mol. The summed E-state index contributed by atoms with van der Waals surface area (Å²) in [7, 11) is 0. The van der Waals surface area contributed by atoms with E-state index in [-0.39, 0.29) is 5.69 Å². The predicted octanol–water partition coefficient (Wildman–Crippen LogP) is 3.63. The molecule has 0 bridgehead atoms. The van der Waals surface area contributed by atoms with Crippen LogP contribution in [-0.2, 0) is 0 Å². The summed E-state index contributed by atoms with van der Waals surface area (Å²) in [6.45, 7) is 0. The molecule has 0 atom stereocenters. The lowest BCUT2D eigenvalue weighted by Gasteiger charge is -2.04. The summed E-state index contributed by atoms with van der Waals surface area (Å²) < 4.78 is 1.74. The lowest BCUT2D eigenvalue weighted by molar-refractivity contribution is 0.0690. The number of carboxylic acid groups (broad SMARTS) is 1. The molecule has 0 spiro atoms. The molecule has 5 nitrogen and oxygen atoms in total. The van der Waals surface area contributed by atoms with Gasteiger partial charge in [0.25, 0.3) is 0 Å². The Morgan fingerprint density at radius 3 is 2.73 bits per heavy atom. The van der Waals surface area contributed by atoms with E-state index < -0.39 is 5.97 Å². The molecule has 1 N–H and O–H groups in total. The Morgan fingerprint density at radius 2 is 2.05 bits per heavy atom. The van der Waals surface area contributed by atoms with Gasteiger partial charge in [0.2, 0.25) is 0 Å². The number of hydrogen-bond acceptors (Lipinski definition) is 3. The molecule has 3 aromatic rings. The number of carbonyl (C=O) groups is 1. The molecular formula is C16H12ClN3O2. The number of nitrogens with zero attached hydrogens (tertiary/aromatic N) is 3. The van der Waals surface area contributed by atoms with Crippen molar-refractivity contribution in [3.8, 4) is 11.3 Å². The van der Waals surface area contributed by atoms with Gasteiger partial charge in [-0.3, -0.25) is 0 Å². The summed E-state index contributed by atoms with van der Waals surface area (Å²) in [6, 6.07) is 10.8. The van der Waals surface area contributed by atoms with Crippen molar-refractivity contribution in [2.75, 3.05) is 0 Å². The van der Waals surface area contributed by atoms with Crippen LogP contribution < -0.4 is 0 Å². The van der Waals surface area contributed by atoms with E-state index in [9.17, 15) is 9.90 Å². The van der Waals surface area contributed by atoms with E-state index in [1.54, 1.807) is 22.7 Å². The van der Waals surface area contributed by atoms with Crippen LogP contribution in [0.1, 0.15) is 34.9 Å². The second kappa shape index (κ2) is 4.81. The first-order chi connectivity index (χ1) is 10.6. The van der Waals surface area contributed by atoms with Crippen molar-refractivity contribution < 1.29 is 9.90 Å².